The fraction of sp³-hybridized carbons (Fsp3) is 0.263. The van der Waals surface area contributed by atoms with Gasteiger partial charge in [-0.1, -0.05) is 30.4 Å². The molecule has 0 spiro atoms. The van der Waals surface area contributed by atoms with E-state index in [2.05, 4.69) is 17.5 Å². The minimum absolute atomic E-state index is 0.000733. The SMILES string of the molecule is COc1cc([N+](=O)[O-])cc2c1N[C@H](c1ccccc1F)C1CC=CC21. The van der Waals surface area contributed by atoms with Gasteiger partial charge in [0.2, 0.25) is 0 Å². The summed E-state index contributed by atoms with van der Waals surface area (Å²) in [6.45, 7) is 0. The number of hydrogen-bond acceptors (Lipinski definition) is 4. The average Bonchev–Trinajstić information content (AvgIpc) is 3.10. The van der Waals surface area contributed by atoms with Gasteiger partial charge in [0.15, 0.2) is 0 Å². The number of non-ortho nitro benzene ring substituents is 1. The molecule has 0 radical (unpaired) electrons. The molecule has 2 aliphatic rings. The third kappa shape index (κ3) is 2.45. The van der Waals surface area contributed by atoms with Crippen LogP contribution in [0.1, 0.15) is 29.5 Å². The fourth-order valence-corrected chi connectivity index (χ4v) is 3.95. The van der Waals surface area contributed by atoms with Crippen LogP contribution in [0.2, 0.25) is 0 Å². The third-order valence-corrected chi connectivity index (χ3v) is 5.09. The number of nitro groups is 1. The predicted octanol–water partition coefficient (Wildman–Crippen LogP) is 4.57. The molecule has 2 unspecified atom stereocenters. The zero-order chi connectivity index (χ0) is 17.6. The van der Waals surface area contributed by atoms with Crippen molar-refractivity contribution in [2.45, 2.75) is 18.4 Å². The number of hydrogen-bond donors (Lipinski definition) is 1. The number of anilines is 1. The lowest BCUT2D eigenvalue weighted by Crippen LogP contribution is -2.30. The monoisotopic (exact) mass is 340 g/mol. The molecule has 4 rings (SSSR count). The lowest BCUT2D eigenvalue weighted by molar-refractivity contribution is -0.385. The average molecular weight is 340 g/mol. The number of fused-ring (bicyclic) bond motifs is 3. The van der Waals surface area contributed by atoms with Crippen molar-refractivity contribution in [1.29, 1.82) is 0 Å². The molecule has 1 aliphatic carbocycles. The molecule has 0 aromatic heterocycles. The van der Waals surface area contributed by atoms with Crippen molar-refractivity contribution in [3.63, 3.8) is 0 Å². The van der Waals surface area contributed by atoms with Gasteiger partial charge in [-0.25, -0.2) is 4.39 Å². The second kappa shape index (κ2) is 5.88. The van der Waals surface area contributed by atoms with Crippen molar-refractivity contribution >= 4 is 11.4 Å². The van der Waals surface area contributed by atoms with Gasteiger partial charge < -0.3 is 10.1 Å². The summed E-state index contributed by atoms with van der Waals surface area (Å²) in [5.41, 5.74) is 2.14. The number of ether oxygens (including phenoxy) is 1. The quantitative estimate of drug-likeness (QED) is 0.505. The van der Waals surface area contributed by atoms with E-state index in [1.54, 1.807) is 18.2 Å². The van der Waals surface area contributed by atoms with E-state index >= 15 is 0 Å². The van der Waals surface area contributed by atoms with Gasteiger partial charge in [0.25, 0.3) is 5.69 Å². The molecule has 128 valence electrons. The molecule has 6 heteroatoms. The Labute approximate surface area is 144 Å². The number of nitrogens with one attached hydrogen (secondary N) is 1. The van der Waals surface area contributed by atoms with Gasteiger partial charge >= 0.3 is 0 Å². The highest BCUT2D eigenvalue weighted by Crippen LogP contribution is 2.53. The zero-order valence-electron chi connectivity index (χ0n) is 13.6. The van der Waals surface area contributed by atoms with Crippen LogP contribution in [-0.4, -0.2) is 12.0 Å². The van der Waals surface area contributed by atoms with E-state index in [1.807, 2.05) is 6.07 Å². The molecule has 25 heavy (non-hydrogen) atoms. The Morgan fingerprint density at radius 3 is 2.80 bits per heavy atom. The number of rotatable bonds is 3. The first-order valence-electron chi connectivity index (χ1n) is 8.14. The van der Waals surface area contributed by atoms with E-state index in [0.29, 0.717) is 17.0 Å². The summed E-state index contributed by atoms with van der Waals surface area (Å²) < 4.78 is 19.8. The number of benzene rings is 2. The molecule has 0 fully saturated rings. The molecule has 1 heterocycles. The van der Waals surface area contributed by atoms with Gasteiger partial charge in [0, 0.05) is 17.5 Å². The molecule has 1 aliphatic heterocycles. The Hall–Kier alpha value is -2.89. The Morgan fingerprint density at radius 2 is 2.08 bits per heavy atom. The summed E-state index contributed by atoms with van der Waals surface area (Å²) in [7, 11) is 1.48. The topological polar surface area (TPSA) is 64.4 Å². The molecule has 0 saturated carbocycles. The molecular weight excluding hydrogens is 323 g/mol. The van der Waals surface area contributed by atoms with Crippen LogP contribution in [0.3, 0.4) is 0 Å². The van der Waals surface area contributed by atoms with Crippen LogP contribution in [-0.2, 0) is 0 Å². The van der Waals surface area contributed by atoms with Gasteiger partial charge in [-0.2, -0.15) is 0 Å². The summed E-state index contributed by atoms with van der Waals surface area (Å²) in [5.74, 6) is 0.255. The summed E-state index contributed by atoms with van der Waals surface area (Å²) >= 11 is 0. The Kier molecular flexibility index (Phi) is 3.67. The smallest absolute Gasteiger partial charge is 0.273 e. The zero-order valence-corrected chi connectivity index (χ0v) is 13.6. The molecule has 2 aromatic rings. The standard InChI is InChI=1S/C19H17FN2O3/c1-25-17-10-11(22(23)24)9-15-12-6-4-7-13(12)18(21-19(15)17)14-5-2-3-8-16(14)20/h2-6,8-10,12-13,18,21H,7H2,1H3/t12?,13?,18-/m0/s1. The normalized spacial score (nSPS) is 23.5. The van der Waals surface area contributed by atoms with E-state index in [0.717, 1.165) is 12.0 Å². The summed E-state index contributed by atoms with van der Waals surface area (Å²) in [5, 5.41) is 14.6. The van der Waals surface area contributed by atoms with Crippen molar-refractivity contribution in [1.82, 2.24) is 0 Å². The van der Waals surface area contributed by atoms with E-state index in [1.165, 1.54) is 19.2 Å². The van der Waals surface area contributed by atoms with Gasteiger partial charge in [-0.05, 0) is 24.0 Å². The lowest BCUT2D eigenvalue weighted by atomic mass is 9.76. The predicted molar refractivity (Wildman–Crippen MR) is 92.4 cm³/mol. The number of allylic oxidation sites excluding steroid dienone is 2. The highest BCUT2D eigenvalue weighted by molar-refractivity contribution is 5.71. The van der Waals surface area contributed by atoms with Crippen molar-refractivity contribution in [2.24, 2.45) is 5.92 Å². The molecule has 2 aromatic carbocycles. The van der Waals surface area contributed by atoms with Crippen molar-refractivity contribution in [3.8, 4) is 5.75 Å². The van der Waals surface area contributed by atoms with Crippen molar-refractivity contribution < 1.29 is 14.1 Å². The molecule has 5 nitrogen and oxygen atoms in total. The van der Waals surface area contributed by atoms with E-state index in [4.69, 9.17) is 4.74 Å². The molecule has 0 amide bonds. The maximum atomic E-state index is 14.4. The number of nitro benzene ring substituents is 1. The molecule has 1 N–H and O–H groups in total. The van der Waals surface area contributed by atoms with Crippen LogP contribution < -0.4 is 10.1 Å². The minimum Gasteiger partial charge on any atom is -0.494 e. The summed E-state index contributed by atoms with van der Waals surface area (Å²) in [6, 6.07) is 9.51. The highest BCUT2D eigenvalue weighted by Gasteiger charge is 2.40. The van der Waals surface area contributed by atoms with Crippen LogP contribution in [0.5, 0.6) is 5.75 Å². The van der Waals surface area contributed by atoms with E-state index in [-0.39, 0.29) is 29.4 Å². The Balaban J connectivity index is 1.87. The highest BCUT2D eigenvalue weighted by atomic mass is 19.1. The Morgan fingerprint density at radius 1 is 1.28 bits per heavy atom. The van der Waals surface area contributed by atoms with Crippen LogP contribution >= 0.6 is 0 Å². The van der Waals surface area contributed by atoms with Crippen molar-refractivity contribution in [2.75, 3.05) is 12.4 Å². The maximum absolute atomic E-state index is 14.4. The van der Waals surface area contributed by atoms with Gasteiger partial charge in [-0.3, -0.25) is 10.1 Å². The van der Waals surface area contributed by atoms with Gasteiger partial charge in [-0.15, -0.1) is 0 Å². The number of nitrogens with zero attached hydrogens (tertiary/aromatic N) is 1. The van der Waals surface area contributed by atoms with Crippen LogP contribution in [0.25, 0.3) is 0 Å². The molecule has 0 bridgehead atoms. The van der Waals surface area contributed by atoms with Crippen LogP contribution in [0, 0.1) is 21.8 Å². The lowest BCUT2D eigenvalue weighted by Gasteiger charge is -2.38. The second-order valence-electron chi connectivity index (χ2n) is 6.37. The first-order chi connectivity index (χ1) is 12.1. The summed E-state index contributed by atoms with van der Waals surface area (Å²) in [4.78, 5) is 10.8. The third-order valence-electron chi connectivity index (χ3n) is 5.09. The van der Waals surface area contributed by atoms with E-state index < -0.39 is 4.92 Å². The second-order valence-corrected chi connectivity index (χ2v) is 6.37. The molecule has 0 saturated heterocycles. The fourth-order valence-electron chi connectivity index (χ4n) is 3.95. The maximum Gasteiger partial charge on any atom is 0.273 e. The van der Waals surface area contributed by atoms with Crippen LogP contribution in [0.4, 0.5) is 15.8 Å². The van der Waals surface area contributed by atoms with E-state index in [9.17, 15) is 14.5 Å². The largest absolute Gasteiger partial charge is 0.494 e. The molecular formula is C19H17FN2O3. The number of methoxy groups -OCH3 is 1. The van der Waals surface area contributed by atoms with Gasteiger partial charge in [0.1, 0.15) is 11.6 Å². The first kappa shape index (κ1) is 15.6. The van der Waals surface area contributed by atoms with Gasteiger partial charge in [0.05, 0.1) is 29.8 Å². The molecule has 3 atom stereocenters. The Bertz CT molecular complexity index is 881. The first-order valence-corrected chi connectivity index (χ1v) is 8.14. The van der Waals surface area contributed by atoms with Crippen molar-refractivity contribution in [3.05, 3.63) is 75.6 Å². The van der Waals surface area contributed by atoms with Crippen LogP contribution in [0.15, 0.2) is 48.6 Å². The minimum atomic E-state index is -0.417. The number of halogens is 1. The summed E-state index contributed by atoms with van der Waals surface area (Å²) in [6.07, 6.45) is 4.91.